The first kappa shape index (κ1) is 25.4. The third-order valence-corrected chi connectivity index (χ3v) is 6.22. The van der Waals surface area contributed by atoms with Crippen molar-refractivity contribution in [2.75, 3.05) is 7.11 Å². The number of methoxy groups -OCH3 is 1. The zero-order valence-electron chi connectivity index (χ0n) is 19.4. The van der Waals surface area contributed by atoms with E-state index >= 15 is 0 Å². The van der Waals surface area contributed by atoms with Crippen molar-refractivity contribution in [2.45, 2.75) is 109 Å². The second kappa shape index (κ2) is 15.0. The molecule has 0 radical (unpaired) electrons. The summed E-state index contributed by atoms with van der Waals surface area (Å²) >= 11 is 0. The highest BCUT2D eigenvalue weighted by Gasteiger charge is 2.38. The molecule has 1 aliphatic heterocycles. The van der Waals surface area contributed by atoms with E-state index in [4.69, 9.17) is 9.47 Å². The highest BCUT2D eigenvalue weighted by atomic mass is 16.6. The molecule has 0 spiro atoms. The number of unbranched alkanes of at least 4 members (excludes halogenated alkanes) is 9. The molecule has 1 aromatic rings. The number of carbonyl (C=O) groups excluding carboxylic acids is 2. The number of carbonyl (C=O) groups is 2. The van der Waals surface area contributed by atoms with Crippen molar-refractivity contribution in [1.82, 2.24) is 5.32 Å². The molecule has 174 valence electrons. The van der Waals surface area contributed by atoms with Gasteiger partial charge in [0.2, 0.25) is 0 Å². The van der Waals surface area contributed by atoms with E-state index in [-0.39, 0.29) is 12.0 Å². The monoisotopic (exact) mass is 431 g/mol. The van der Waals surface area contributed by atoms with Crippen LogP contribution >= 0.6 is 0 Å². The minimum absolute atomic E-state index is 0.268. The standard InChI is InChI=1S/C26H41NO4/c1-3-4-5-6-7-8-9-10-11-15-18-22-19-20-23(24(27-22)26(29)30-2)31-25(28)21-16-13-12-14-17-21/h12-14,16-17,22-24,27H,3-11,15,18-20H2,1-2H3/t22-,23-,24-/m0/s1. The summed E-state index contributed by atoms with van der Waals surface area (Å²) in [6.45, 7) is 2.26. The van der Waals surface area contributed by atoms with E-state index < -0.39 is 18.1 Å². The number of rotatable bonds is 14. The molecule has 1 N–H and O–H groups in total. The van der Waals surface area contributed by atoms with E-state index in [9.17, 15) is 9.59 Å². The van der Waals surface area contributed by atoms with Crippen molar-refractivity contribution >= 4 is 11.9 Å². The Morgan fingerprint density at radius 3 is 2.13 bits per heavy atom. The third kappa shape index (κ3) is 9.42. The third-order valence-electron chi connectivity index (χ3n) is 6.22. The first-order chi connectivity index (χ1) is 15.2. The SMILES string of the molecule is CCCCCCCCCCCC[C@H]1CC[C@H](OC(=O)c2ccccc2)[C@@H](C(=O)OC)N1. The van der Waals surface area contributed by atoms with E-state index in [0.29, 0.717) is 12.0 Å². The molecule has 2 rings (SSSR count). The predicted octanol–water partition coefficient (Wildman–Crippen LogP) is 5.82. The molecule has 1 saturated heterocycles. The van der Waals surface area contributed by atoms with Gasteiger partial charge in [0.05, 0.1) is 12.7 Å². The lowest BCUT2D eigenvalue weighted by Crippen LogP contribution is -2.56. The van der Waals surface area contributed by atoms with Crippen LogP contribution in [0.5, 0.6) is 0 Å². The maximum atomic E-state index is 12.4. The molecule has 5 heteroatoms. The van der Waals surface area contributed by atoms with Crippen molar-refractivity contribution in [3.05, 3.63) is 35.9 Å². The van der Waals surface area contributed by atoms with Gasteiger partial charge in [0, 0.05) is 6.04 Å². The average Bonchev–Trinajstić information content (AvgIpc) is 2.81. The Labute approximate surface area is 188 Å². The van der Waals surface area contributed by atoms with Gasteiger partial charge >= 0.3 is 11.9 Å². The van der Waals surface area contributed by atoms with Crippen molar-refractivity contribution in [2.24, 2.45) is 0 Å². The molecule has 31 heavy (non-hydrogen) atoms. The molecule has 0 amide bonds. The van der Waals surface area contributed by atoms with Crippen molar-refractivity contribution < 1.29 is 19.1 Å². The number of piperidine rings is 1. The molecule has 1 heterocycles. The number of nitrogens with one attached hydrogen (secondary N) is 1. The van der Waals surface area contributed by atoms with Crippen LogP contribution in [0.4, 0.5) is 0 Å². The van der Waals surface area contributed by atoms with Crippen LogP contribution in [-0.2, 0) is 14.3 Å². The number of hydrogen-bond donors (Lipinski definition) is 1. The zero-order chi connectivity index (χ0) is 22.3. The summed E-state index contributed by atoms with van der Waals surface area (Å²) in [7, 11) is 1.38. The Hall–Kier alpha value is -1.88. The van der Waals surface area contributed by atoms with Crippen molar-refractivity contribution in [3.63, 3.8) is 0 Å². The highest BCUT2D eigenvalue weighted by molar-refractivity contribution is 5.89. The van der Waals surface area contributed by atoms with Gasteiger partial charge in [-0.15, -0.1) is 0 Å². The summed E-state index contributed by atoms with van der Waals surface area (Å²) in [5.41, 5.74) is 0.499. The van der Waals surface area contributed by atoms with Gasteiger partial charge in [-0.05, 0) is 31.4 Å². The molecule has 1 fully saturated rings. The van der Waals surface area contributed by atoms with Crippen LogP contribution in [0.1, 0.15) is 101 Å². The van der Waals surface area contributed by atoms with E-state index in [1.54, 1.807) is 24.3 Å². The van der Waals surface area contributed by atoms with Gasteiger partial charge in [0.15, 0.2) is 0 Å². The normalized spacial score (nSPS) is 20.9. The topological polar surface area (TPSA) is 64.6 Å². The lowest BCUT2D eigenvalue weighted by atomic mass is 9.92. The van der Waals surface area contributed by atoms with Gasteiger partial charge in [-0.2, -0.15) is 0 Å². The Morgan fingerprint density at radius 1 is 0.903 bits per heavy atom. The summed E-state index contributed by atoms with van der Waals surface area (Å²) in [4.78, 5) is 24.7. The van der Waals surface area contributed by atoms with Gasteiger partial charge in [-0.25, -0.2) is 4.79 Å². The quantitative estimate of drug-likeness (QED) is 0.297. The van der Waals surface area contributed by atoms with Crippen LogP contribution in [-0.4, -0.2) is 37.2 Å². The Kier molecular flexibility index (Phi) is 12.3. The molecule has 0 aromatic heterocycles. The van der Waals surface area contributed by atoms with E-state index in [0.717, 1.165) is 19.3 Å². The summed E-state index contributed by atoms with van der Waals surface area (Å²) in [5, 5.41) is 3.39. The largest absolute Gasteiger partial charge is 0.468 e. The average molecular weight is 432 g/mol. The van der Waals surface area contributed by atoms with Gasteiger partial charge in [-0.1, -0.05) is 89.3 Å². The maximum absolute atomic E-state index is 12.4. The van der Waals surface area contributed by atoms with Crippen LogP contribution in [0.25, 0.3) is 0 Å². The molecule has 5 nitrogen and oxygen atoms in total. The lowest BCUT2D eigenvalue weighted by molar-refractivity contribution is -0.148. The van der Waals surface area contributed by atoms with Crippen molar-refractivity contribution in [3.8, 4) is 0 Å². The first-order valence-electron chi connectivity index (χ1n) is 12.3. The summed E-state index contributed by atoms with van der Waals surface area (Å²) in [5.74, 6) is -0.756. The number of benzene rings is 1. The second-order valence-electron chi connectivity index (χ2n) is 8.72. The summed E-state index contributed by atoms with van der Waals surface area (Å²) in [6.07, 6.45) is 15.3. The fourth-order valence-corrected chi connectivity index (χ4v) is 4.34. The van der Waals surface area contributed by atoms with Gasteiger partial charge in [0.1, 0.15) is 12.1 Å². The number of ether oxygens (including phenoxy) is 2. The minimum Gasteiger partial charge on any atom is -0.468 e. The fourth-order valence-electron chi connectivity index (χ4n) is 4.34. The smallest absolute Gasteiger partial charge is 0.338 e. The highest BCUT2D eigenvalue weighted by Crippen LogP contribution is 2.23. The van der Waals surface area contributed by atoms with E-state index in [2.05, 4.69) is 12.2 Å². The summed E-state index contributed by atoms with van der Waals surface area (Å²) < 4.78 is 10.6. The fraction of sp³-hybridized carbons (Fsp3) is 0.692. The van der Waals surface area contributed by atoms with Crippen molar-refractivity contribution in [1.29, 1.82) is 0 Å². The zero-order valence-corrected chi connectivity index (χ0v) is 19.4. The van der Waals surface area contributed by atoms with Crippen LogP contribution in [0, 0.1) is 0 Å². The number of esters is 2. The first-order valence-corrected chi connectivity index (χ1v) is 12.3. The van der Waals surface area contributed by atoms with Crippen LogP contribution in [0.2, 0.25) is 0 Å². The molecular weight excluding hydrogens is 390 g/mol. The molecule has 0 saturated carbocycles. The number of hydrogen-bond acceptors (Lipinski definition) is 5. The molecule has 0 aliphatic carbocycles. The second-order valence-corrected chi connectivity index (χ2v) is 8.72. The Bertz CT molecular complexity index is 634. The van der Waals surface area contributed by atoms with Gasteiger partial charge in [0.25, 0.3) is 0 Å². The molecular formula is C26H41NO4. The molecule has 3 atom stereocenters. The minimum atomic E-state index is -0.598. The van der Waals surface area contributed by atoms with E-state index in [1.165, 1.54) is 64.9 Å². The molecule has 0 bridgehead atoms. The summed E-state index contributed by atoms with van der Waals surface area (Å²) in [6, 6.07) is 8.57. The van der Waals surface area contributed by atoms with Crippen LogP contribution in [0.15, 0.2) is 30.3 Å². The van der Waals surface area contributed by atoms with Crippen LogP contribution < -0.4 is 5.32 Å². The molecule has 1 aromatic carbocycles. The Balaban J connectivity index is 1.68. The van der Waals surface area contributed by atoms with Gasteiger partial charge < -0.3 is 9.47 Å². The lowest BCUT2D eigenvalue weighted by Gasteiger charge is -2.35. The Morgan fingerprint density at radius 2 is 1.52 bits per heavy atom. The molecule has 0 unspecified atom stereocenters. The predicted molar refractivity (Wildman–Crippen MR) is 124 cm³/mol. The molecule has 1 aliphatic rings. The van der Waals surface area contributed by atoms with Crippen LogP contribution in [0.3, 0.4) is 0 Å². The maximum Gasteiger partial charge on any atom is 0.338 e. The van der Waals surface area contributed by atoms with Gasteiger partial charge in [-0.3, -0.25) is 10.1 Å². The van der Waals surface area contributed by atoms with E-state index in [1.807, 2.05) is 6.07 Å².